The minimum absolute atomic E-state index is 0.138. The maximum Gasteiger partial charge on any atom is 0.417 e. The van der Waals surface area contributed by atoms with Crippen LogP contribution in [-0.2, 0) is 22.3 Å². The van der Waals surface area contributed by atoms with Crippen LogP contribution >= 0.6 is 0 Å². The Bertz CT molecular complexity index is 942. The van der Waals surface area contributed by atoms with Crippen LogP contribution in [0.15, 0.2) is 36.5 Å². The van der Waals surface area contributed by atoms with E-state index in [1.807, 2.05) is 0 Å². The number of nitrogens with one attached hydrogen (secondary N) is 1. The summed E-state index contributed by atoms with van der Waals surface area (Å²) in [6, 6.07) is 6.31. The van der Waals surface area contributed by atoms with E-state index >= 15 is 0 Å². The Morgan fingerprint density at radius 1 is 1.31 bits per heavy atom. The lowest BCUT2D eigenvalue weighted by molar-refractivity contribution is -0.137. The van der Waals surface area contributed by atoms with Gasteiger partial charge in [0.25, 0.3) is 5.91 Å². The summed E-state index contributed by atoms with van der Waals surface area (Å²) in [4.78, 5) is 40.9. The van der Waals surface area contributed by atoms with Crippen molar-refractivity contribution < 1.29 is 27.6 Å². The molecule has 2 aromatic rings. The predicted molar refractivity (Wildman–Crippen MR) is 97.7 cm³/mol. The van der Waals surface area contributed by atoms with Crippen molar-refractivity contribution in [3.63, 3.8) is 0 Å². The van der Waals surface area contributed by atoms with Gasteiger partial charge in [0.1, 0.15) is 12.3 Å². The molecule has 1 aromatic carbocycles. The monoisotopic (exact) mass is 405 g/mol. The molecule has 0 aliphatic carbocycles. The lowest BCUT2D eigenvalue weighted by atomic mass is 10.0. The first-order chi connectivity index (χ1) is 13.8. The van der Waals surface area contributed by atoms with Crippen LogP contribution in [0.5, 0.6) is 0 Å². The number of benzene rings is 1. The van der Waals surface area contributed by atoms with Crippen LogP contribution in [0.2, 0.25) is 0 Å². The quantitative estimate of drug-likeness (QED) is 0.750. The smallest absolute Gasteiger partial charge is 0.357 e. The van der Waals surface area contributed by atoms with Gasteiger partial charge in [-0.2, -0.15) is 13.2 Å². The average Bonchev–Trinajstić information content (AvgIpc) is 3.03. The number of hydrogen-bond acceptors (Lipinski definition) is 4. The fourth-order valence-electron chi connectivity index (χ4n) is 3.31. The van der Waals surface area contributed by atoms with Crippen molar-refractivity contribution in [2.45, 2.75) is 31.6 Å². The summed E-state index contributed by atoms with van der Waals surface area (Å²) in [5.74, 6) is -0.691. The summed E-state index contributed by atoms with van der Waals surface area (Å²) >= 11 is 0. The molecule has 0 spiro atoms. The molecule has 6 nitrogen and oxygen atoms in total. The molecule has 1 aliphatic heterocycles. The fraction of sp³-hybridized carbons (Fsp3) is 0.300. The number of aromatic nitrogens is 1. The number of carbonyl (C=O) groups is 3. The van der Waals surface area contributed by atoms with E-state index in [1.54, 1.807) is 18.2 Å². The van der Waals surface area contributed by atoms with Gasteiger partial charge in [-0.3, -0.25) is 14.6 Å². The average molecular weight is 405 g/mol. The summed E-state index contributed by atoms with van der Waals surface area (Å²) in [5, 5.41) is 2.50. The van der Waals surface area contributed by atoms with Gasteiger partial charge < -0.3 is 15.0 Å². The number of aldehydes is 1. The van der Waals surface area contributed by atoms with Crippen LogP contribution in [0.4, 0.5) is 13.2 Å². The summed E-state index contributed by atoms with van der Waals surface area (Å²) in [5.41, 5.74) is 1.13. The highest BCUT2D eigenvalue weighted by atomic mass is 19.4. The van der Waals surface area contributed by atoms with Crippen molar-refractivity contribution in [2.75, 3.05) is 7.05 Å². The second-order valence-electron chi connectivity index (χ2n) is 6.61. The van der Waals surface area contributed by atoms with Crippen LogP contribution in [0.3, 0.4) is 0 Å². The molecule has 0 fully saturated rings. The van der Waals surface area contributed by atoms with Gasteiger partial charge in [0.2, 0.25) is 5.91 Å². The van der Waals surface area contributed by atoms with Gasteiger partial charge in [-0.1, -0.05) is 6.07 Å². The van der Waals surface area contributed by atoms with Crippen LogP contribution < -0.4 is 5.32 Å². The first-order valence-electron chi connectivity index (χ1n) is 8.89. The Hall–Kier alpha value is -3.23. The minimum atomic E-state index is -4.47. The van der Waals surface area contributed by atoms with Crippen LogP contribution in [0.1, 0.15) is 34.3 Å². The second-order valence-corrected chi connectivity index (χ2v) is 6.61. The third kappa shape index (κ3) is 4.13. The highest BCUT2D eigenvalue weighted by molar-refractivity contribution is 6.01. The number of amides is 2. The minimum Gasteiger partial charge on any atom is -0.357 e. The molecule has 1 unspecified atom stereocenters. The summed E-state index contributed by atoms with van der Waals surface area (Å²) in [6.07, 6.45) is -2.67. The zero-order chi connectivity index (χ0) is 21.2. The number of alkyl halides is 3. The van der Waals surface area contributed by atoms with E-state index in [9.17, 15) is 27.6 Å². The standard InChI is InChI=1S/C20H18F3N3O3/c1-24-18(28)17(3-2-8-27)26-11-13-9-12(4-6-15(13)19(26)29)16-7-5-14(10-25-16)20(21,22)23/h4-10,17H,2-3,11H2,1H3,(H,24,28). The fourth-order valence-corrected chi connectivity index (χ4v) is 3.31. The van der Waals surface area contributed by atoms with E-state index in [0.29, 0.717) is 28.7 Å². The molecule has 1 aliphatic rings. The van der Waals surface area contributed by atoms with Gasteiger partial charge in [0.15, 0.2) is 0 Å². The maximum absolute atomic E-state index is 12.7. The van der Waals surface area contributed by atoms with Crippen molar-refractivity contribution in [3.05, 3.63) is 53.2 Å². The molecule has 0 radical (unpaired) electrons. The lowest BCUT2D eigenvalue weighted by Gasteiger charge is -2.25. The van der Waals surface area contributed by atoms with Crippen molar-refractivity contribution in [1.82, 2.24) is 15.2 Å². The third-order valence-electron chi connectivity index (χ3n) is 4.81. The summed E-state index contributed by atoms with van der Waals surface area (Å²) in [7, 11) is 1.46. The highest BCUT2D eigenvalue weighted by Gasteiger charge is 2.36. The van der Waals surface area contributed by atoms with Crippen LogP contribution in [0, 0.1) is 0 Å². The molecular weight excluding hydrogens is 387 g/mol. The van der Waals surface area contributed by atoms with Crippen molar-refractivity contribution >= 4 is 18.1 Å². The van der Waals surface area contributed by atoms with Crippen molar-refractivity contribution in [1.29, 1.82) is 0 Å². The number of hydrogen-bond donors (Lipinski definition) is 1. The summed E-state index contributed by atoms with van der Waals surface area (Å²) < 4.78 is 38.1. The van der Waals surface area contributed by atoms with Crippen molar-refractivity contribution in [2.24, 2.45) is 0 Å². The van der Waals surface area contributed by atoms with Crippen LogP contribution in [0.25, 0.3) is 11.3 Å². The number of rotatable bonds is 6. The second kappa shape index (κ2) is 8.02. The van der Waals surface area contributed by atoms with E-state index in [1.165, 1.54) is 18.0 Å². The number of halogens is 3. The summed E-state index contributed by atoms with van der Waals surface area (Å²) in [6.45, 7) is 0.166. The highest BCUT2D eigenvalue weighted by Crippen LogP contribution is 2.32. The number of likely N-dealkylation sites (N-methyl/N-ethyl adjacent to an activating group) is 1. The zero-order valence-corrected chi connectivity index (χ0v) is 15.5. The number of fused-ring (bicyclic) bond motifs is 1. The Balaban J connectivity index is 1.87. The molecule has 1 aromatic heterocycles. The van der Waals surface area contributed by atoms with Crippen LogP contribution in [-0.4, -0.2) is 41.1 Å². The number of carbonyl (C=O) groups excluding carboxylic acids is 3. The zero-order valence-electron chi connectivity index (χ0n) is 15.5. The first kappa shape index (κ1) is 20.5. The van der Waals surface area contributed by atoms with Gasteiger partial charge in [-0.05, 0) is 36.2 Å². The maximum atomic E-state index is 12.7. The molecule has 0 bridgehead atoms. The molecule has 0 saturated heterocycles. The molecular formula is C20H18F3N3O3. The van der Waals surface area contributed by atoms with Gasteiger partial charge in [-0.25, -0.2) is 0 Å². The molecule has 9 heteroatoms. The molecule has 0 saturated carbocycles. The van der Waals surface area contributed by atoms with Gasteiger partial charge >= 0.3 is 6.18 Å². The SMILES string of the molecule is CNC(=O)C(CCC=O)N1Cc2cc(-c3ccc(C(F)(F)F)cn3)ccc2C1=O. The normalized spacial score (nSPS) is 14.5. The van der Waals surface area contributed by atoms with E-state index in [4.69, 9.17) is 0 Å². The van der Waals surface area contributed by atoms with Gasteiger partial charge in [-0.15, -0.1) is 0 Å². The Morgan fingerprint density at radius 3 is 2.66 bits per heavy atom. The van der Waals surface area contributed by atoms with E-state index < -0.39 is 17.8 Å². The van der Waals surface area contributed by atoms with E-state index in [-0.39, 0.29) is 31.2 Å². The topological polar surface area (TPSA) is 79.4 Å². The Labute approximate surface area is 164 Å². The predicted octanol–water partition coefficient (Wildman–Crippen LogP) is 2.82. The third-order valence-corrected chi connectivity index (χ3v) is 4.81. The van der Waals surface area contributed by atoms with Crippen molar-refractivity contribution in [3.8, 4) is 11.3 Å². The Kier molecular flexibility index (Phi) is 5.67. The molecule has 152 valence electrons. The molecule has 2 amide bonds. The molecule has 2 heterocycles. The largest absolute Gasteiger partial charge is 0.417 e. The van der Waals surface area contributed by atoms with E-state index in [2.05, 4.69) is 10.3 Å². The van der Waals surface area contributed by atoms with Gasteiger partial charge in [0.05, 0.1) is 11.3 Å². The van der Waals surface area contributed by atoms with Gasteiger partial charge in [0, 0.05) is 37.3 Å². The number of nitrogens with zero attached hydrogens (tertiary/aromatic N) is 2. The lowest BCUT2D eigenvalue weighted by Crippen LogP contribution is -2.46. The number of pyridine rings is 1. The molecule has 29 heavy (non-hydrogen) atoms. The molecule has 1 atom stereocenters. The molecule has 3 rings (SSSR count). The first-order valence-corrected chi connectivity index (χ1v) is 8.89. The van der Waals surface area contributed by atoms with E-state index in [0.717, 1.165) is 12.3 Å². The molecule has 1 N–H and O–H groups in total. The Morgan fingerprint density at radius 2 is 2.07 bits per heavy atom.